The molecule has 0 saturated carbocycles. The number of ether oxygens (including phenoxy) is 1. The van der Waals surface area contributed by atoms with E-state index in [0.29, 0.717) is 5.56 Å². The van der Waals surface area contributed by atoms with Crippen LogP contribution in [0.3, 0.4) is 0 Å². The standard InChI is InChI=1S/C15H14O2S/c1-11-9-12(10-16)3-8-15(11)17-13-4-6-14(18-2)7-5-13/h3-10H,1-2H3. The van der Waals surface area contributed by atoms with E-state index < -0.39 is 0 Å². The van der Waals surface area contributed by atoms with Crippen molar-refractivity contribution in [2.45, 2.75) is 11.8 Å². The molecule has 0 heterocycles. The maximum absolute atomic E-state index is 10.7. The first-order valence-corrected chi connectivity index (χ1v) is 6.83. The molecule has 0 radical (unpaired) electrons. The first-order chi connectivity index (χ1) is 8.72. The van der Waals surface area contributed by atoms with Crippen LogP contribution in [0.5, 0.6) is 11.5 Å². The first kappa shape index (κ1) is 12.7. The van der Waals surface area contributed by atoms with Crippen molar-refractivity contribution in [2.24, 2.45) is 0 Å². The quantitative estimate of drug-likeness (QED) is 0.603. The summed E-state index contributed by atoms with van der Waals surface area (Å²) in [6.45, 7) is 1.93. The summed E-state index contributed by atoms with van der Waals surface area (Å²) in [5, 5.41) is 0. The predicted octanol–water partition coefficient (Wildman–Crippen LogP) is 4.32. The number of benzene rings is 2. The van der Waals surface area contributed by atoms with Gasteiger partial charge in [0.1, 0.15) is 17.8 Å². The Morgan fingerprint density at radius 3 is 2.39 bits per heavy atom. The number of hydrogen-bond donors (Lipinski definition) is 0. The Morgan fingerprint density at radius 2 is 1.83 bits per heavy atom. The smallest absolute Gasteiger partial charge is 0.150 e. The van der Waals surface area contributed by atoms with Crippen molar-refractivity contribution in [3.05, 3.63) is 53.6 Å². The Kier molecular flexibility index (Phi) is 4.05. The van der Waals surface area contributed by atoms with Crippen molar-refractivity contribution in [1.82, 2.24) is 0 Å². The van der Waals surface area contributed by atoms with Crippen LogP contribution in [-0.2, 0) is 0 Å². The van der Waals surface area contributed by atoms with Crippen molar-refractivity contribution in [3.63, 3.8) is 0 Å². The molecule has 0 saturated heterocycles. The van der Waals surface area contributed by atoms with Crippen LogP contribution in [0.25, 0.3) is 0 Å². The highest BCUT2D eigenvalue weighted by molar-refractivity contribution is 7.98. The third-order valence-corrected chi connectivity index (χ3v) is 3.37. The molecule has 2 aromatic rings. The minimum Gasteiger partial charge on any atom is -0.457 e. The lowest BCUT2D eigenvalue weighted by Crippen LogP contribution is -1.89. The molecule has 0 unspecified atom stereocenters. The third kappa shape index (κ3) is 2.93. The monoisotopic (exact) mass is 258 g/mol. The van der Waals surface area contributed by atoms with Gasteiger partial charge >= 0.3 is 0 Å². The average molecular weight is 258 g/mol. The van der Waals surface area contributed by atoms with Crippen LogP contribution < -0.4 is 4.74 Å². The molecule has 18 heavy (non-hydrogen) atoms. The maximum Gasteiger partial charge on any atom is 0.150 e. The molecule has 3 heteroatoms. The van der Waals surface area contributed by atoms with Gasteiger partial charge in [-0.15, -0.1) is 11.8 Å². The van der Waals surface area contributed by atoms with Crippen molar-refractivity contribution < 1.29 is 9.53 Å². The highest BCUT2D eigenvalue weighted by atomic mass is 32.2. The summed E-state index contributed by atoms with van der Waals surface area (Å²) in [5.41, 5.74) is 1.62. The molecule has 0 aliphatic carbocycles. The van der Waals surface area contributed by atoms with Crippen molar-refractivity contribution >= 4 is 18.0 Å². The Labute approximate surface area is 111 Å². The lowest BCUT2D eigenvalue weighted by molar-refractivity contribution is 0.112. The zero-order valence-electron chi connectivity index (χ0n) is 10.3. The summed E-state index contributed by atoms with van der Waals surface area (Å²) in [6.07, 6.45) is 2.88. The molecule has 0 aromatic heterocycles. The lowest BCUT2D eigenvalue weighted by Gasteiger charge is -2.09. The summed E-state index contributed by atoms with van der Waals surface area (Å²) in [7, 11) is 0. The van der Waals surface area contributed by atoms with E-state index in [-0.39, 0.29) is 0 Å². The lowest BCUT2D eigenvalue weighted by atomic mass is 10.1. The minimum atomic E-state index is 0.664. The van der Waals surface area contributed by atoms with Crippen LogP contribution in [0.15, 0.2) is 47.4 Å². The fraction of sp³-hybridized carbons (Fsp3) is 0.133. The highest BCUT2D eigenvalue weighted by Gasteiger charge is 2.02. The third-order valence-electron chi connectivity index (χ3n) is 2.62. The van der Waals surface area contributed by atoms with E-state index in [4.69, 9.17) is 4.74 Å². The van der Waals surface area contributed by atoms with Gasteiger partial charge in [-0.1, -0.05) is 0 Å². The topological polar surface area (TPSA) is 26.3 Å². The molecule has 0 N–H and O–H groups in total. The second-order valence-corrected chi connectivity index (χ2v) is 4.80. The van der Waals surface area contributed by atoms with E-state index in [0.717, 1.165) is 23.3 Å². The van der Waals surface area contributed by atoms with Gasteiger partial charge in [-0.25, -0.2) is 0 Å². The fourth-order valence-corrected chi connectivity index (χ4v) is 2.04. The molecule has 0 bridgehead atoms. The van der Waals surface area contributed by atoms with E-state index >= 15 is 0 Å². The molecule has 2 nitrogen and oxygen atoms in total. The molecule has 2 aromatic carbocycles. The second-order valence-electron chi connectivity index (χ2n) is 3.92. The molecule has 92 valence electrons. The number of rotatable bonds is 4. The molecule has 0 fully saturated rings. The van der Waals surface area contributed by atoms with Gasteiger partial charge in [-0.3, -0.25) is 4.79 Å². The van der Waals surface area contributed by atoms with Gasteiger partial charge in [0.15, 0.2) is 0 Å². The summed E-state index contributed by atoms with van der Waals surface area (Å²) in [6, 6.07) is 13.3. The van der Waals surface area contributed by atoms with E-state index in [1.54, 1.807) is 17.8 Å². The first-order valence-electron chi connectivity index (χ1n) is 5.60. The molecule has 0 amide bonds. The Balaban J connectivity index is 2.19. The van der Waals surface area contributed by atoms with Crippen LogP contribution in [0.1, 0.15) is 15.9 Å². The summed E-state index contributed by atoms with van der Waals surface area (Å²) in [5.74, 6) is 1.58. The van der Waals surface area contributed by atoms with Crippen LogP contribution in [0.2, 0.25) is 0 Å². The number of carbonyl (C=O) groups excluding carboxylic acids is 1. The van der Waals surface area contributed by atoms with Crippen molar-refractivity contribution in [3.8, 4) is 11.5 Å². The average Bonchev–Trinajstić information content (AvgIpc) is 2.42. The van der Waals surface area contributed by atoms with Crippen LogP contribution in [0, 0.1) is 6.92 Å². The number of carbonyl (C=O) groups is 1. The molecule has 0 aliphatic heterocycles. The zero-order chi connectivity index (χ0) is 13.0. The summed E-state index contributed by atoms with van der Waals surface area (Å²) < 4.78 is 5.78. The molecular weight excluding hydrogens is 244 g/mol. The normalized spacial score (nSPS) is 10.1. The molecular formula is C15H14O2S. The van der Waals surface area contributed by atoms with Gasteiger partial charge < -0.3 is 4.74 Å². The van der Waals surface area contributed by atoms with Crippen molar-refractivity contribution in [1.29, 1.82) is 0 Å². The number of aldehydes is 1. The minimum absolute atomic E-state index is 0.664. The fourth-order valence-electron chi connectivity index (χ4n) is 1.63. The van der Waals surface area contributed by atoms with Gasteiger partial charge in [0.25, 0.3) is 0 Å². The van der Waals surface area contributed by atoms with Crippen LogP contribution in [-0.4, -0.2) is 12.5 Å². The van der Waals surface area contributed by atoms with Crippen molar-refractivity contribution in [2.75, 3.05) is 6.26 Å². The Morgan fingerprint density at radius 1 is 1.11 bits per heavy atom. The van der Waals surface area contributed by atoms with Gasteiger partial charge in [0.2, 0.25) is 0 Å². The number of thioether (sulfide) groups is 1. The SMILES string of the molecule is CSc1ccc(Oc2ccc(C=O)cc2C)cc1. The molecule has 0 atom stereocenters. The van der Waals surface area contributed by atoms with E-state index in [1.807, 2.05) is 49.6 Å². The van der Waals surface area contributed by atoms with E-state index in [2.05, 4.69) is 0 Å². The van der Waals surface area contributed by atoms with Gasteiger partial charge in [0.05, 0.1) is 0 Å². The van der Waals surface area contributed by atoms with E-state index in [9.17, 15) is 4.79 Å². The van der Waals surface area contributed by atoms with Gasteiger partial charge in [-0.2, -0.15) is 0 Å². The predicted molar refractivity (Wildman–Crippen MR) is 74.9 cm³/mol. The Bertz CT molecular complexity index is 547. The number of aryl methyl sites for hydroxylation is 1. The molecule has 0 spiro atoms. The molecule has 0 aliphatic rings. The maximum atomic E-state index is 10.7. The summed E-state index contributed by atoms with van der Waals surface area (Å²) in [4.78, 5) is 11.9. The zero-order valence-corrected chi connectivity index (χ0v) is 11.2. The molecule has 2 rings (SSSR count). The Hall–Kier alpha value is -1.74. The van der Waals surface area contributed by atoms with Gasteiger partial charge in [-0.05, 0) is 61.2 Å². The largest absolute Gasteiger partial charge is 0.457 e. The van der Waals surface area contributed by atoms with Gasteiger partial charge in [0, 0.05) is 10.5 Å². The second kappa shape index (κ2) is 5.74. The highest BCUT2D eigenvalue weighted by Crippen LogP contribution is 2.27. The number of hydrogen-bond acceptors (Lipinski definition) is 3. The van der Waals surface area contributed by atoms with E-state index in [1.165, 1.54) is 4.90 Å². The van der Waals surface area contributed by atoms with Crippen LogP contribution in [0.4, 0.5) is 0 Å². The summed E-state index contributed by atoms with van der Waals surface area (Å²) >= 11 is 1.70. The van der Waals surface area contributed by atoms with Crippen LogP contribution >= 0.6 is 11.8 Å².